The van der Waals surface area contributed by atoms with Crippen molar-refractivity contribution in [3.63, 3.8) is 0 Å². The summed E-state index contributed by atoms with van der Waals surface area (Å²) in [6, 6.07) is 0. The van der Waals surface area contributed by atoms with Crippen molar-refractivity contribution in [3.05, 3.63) is 0 Å². The standard InChI is InChI=1S/C16H28/c1-12-14(16-11-10-15(12)16)9-4-2-3-6-13-7-5-8-13/h12-16H,2-11H2,1H3. The number of rotatable bonds is 6. The Morgan fingerprint density at radius 3 is 2.12 bits per heavy atom. The van der Waals surface area contributed by atoms with Gasteiger partial charge in [0.25, 0.3) is 0 Å². The van der Waals surface area contributed by atoms with Crippen molar-refractivity contribution in [2.75, 3.05) is 0 Å². The molecule has 0 heteroatoms. The fourth-order valence-corrected chi connectivity index (χ4v) is 4.55. The van der Waals surface area contributed by atoms with Crippen LogP contribution in [0, 0.1) is 29.6 Å². The summed E-state index contributed by atoms with van der Waals surface area (Å²) in [6.07, 6.45) is 15.4. The predicted octanol–water partition coefficient (Wildman–Crippen LogP) is 5.03. The van der Waals surface area contributed by atoms with Gasteiger partial charge in [0.2, 0.25) is 0 Å². The molecule has 16 heavy (non-hydrogen) atoms. The number of hydrogen-bond donors (Lipinski definition) is 0. The first-order chi connectivity index (χ1) is 7.86. The topological polar surface area (TPSA) is 0 Å². The van der Waals surface area contributed by atoms with E-state index in [1.807, 2.05) is 0 Å². The molecule has 0 spiro atoms. The van der Waals surface area contributed by atoms with E-state index in [0.29, 0.717) is 0 Å². The van der Waals surface area contributed by atoms with Gasteiger partial charge in [0.05, 0.1) is 0 Å². The maximum atomic E-state index is 2.51. The summed E-state index contributed by atoms with van der Waals surface area (Å²) in [4.78, 5) is 0. The molecule has 0 amide bonds. The molecule has 0 aromatic carbocycles. The van der Waals surface area contributed by atoms with E-state index >= 15 is 0 Å². The van der Waals surface area contributed by atoms with Crippen molar-refractivity contribution in [2.24, 2.45) is 29.6 Å². The largest absolute Gasteiger partial charge is 0.0620 e. The average Bonchev–Trinajstić information content (AvgIpc) is 2.17. The van der Waals surface area contributed by atoms with Gasteiger partial charge in [-0.05, 0) is 48.9 Å². The monoisotopic (exact) mass is 220 g/mol. The Balaban J connectivity index is 1.23. The van der Waals surface area contributed by atoms with Crippen LogP contribution in [0.4, 0.5) is 0 Å². The molecule has 3 fully saturated rings. The van der Waals surface area contributed by atoms with Crippen molar-refractivity contribution in [1.29, 1.82) is 0 Å². The minimum Gasteiger partial charge on any atom is -0.0620 e. The summed E-state index contributed by atoms with van der Waals surface area (Å²) in [5.74, 6) is 5.72. The van der Waals surface area contributed by atoms with Crippen LogP contribution in [0.15, 0.2) is 0 Å². The van der Waals surface area contributed by atoms with E-state index in [1.165, 1.54) is 37.5 Å². The molecule has 3 saturated carbocycles. The molecular formula is C16H28. The van der Waals surface area contributed by atoms with E-state index < -0.39 is 0 Å². The fraction of sp³-hybridized carbons (Fsp3) is 1.00. The maximum Gasteiger partial charge on any atom is -0.0352 e. The molecule has 92 valence electrons. The minimum absolute atomic E-state index is 1.09. The second-order valence-electron chi connectivity index (χ2n) is 6.86. The lowest BCUT2D eigenvalue weighted by molar-refractivity contribution is -0.0964. The van der Waals surface area contributed by atoms with Gasteiger partial charge in [-0.2, -0.15) is 0 Å². The van der Waals surface area contributed by atoms with Gasteiger partial charge < -0.3 is 0 Å². The van der Waals surface area contributed by atoms with Crippen molar-refractivity contribution < 1.29 is 0 Å². The van der Waals surface area contributed by atoms with Crippen LogP contribution in [-0.2, 0) is 0 Å². The van der Waals surface area contributed by atoms with Crippen molar-refractivity contribution in [3.8, 4) is 0 Å². The normalized spacial score (nSPS) is 41.8. The summed E-state index contributed by atoms with van der Waals surface area (Å²) >= 11 is 0. The van der Waals surface area contributed by atoms with Crippen LogP contribution in [0.2, 0.25) is 0 Å². The van der Waals surface area contributed by atoms with Gasteiger partial charge in [0.1, 0.15) is 0 Å². The quantitative estimate of drug-likeness (QED) is 0.551. The first-order valence-electron chi connectivity index (χ1n) is 7.86. The van der Waals surface area contributed by atoms with Crippen molar-refractivity contribution in [1.82, 2.24) is 0 Å². The van der Waals surface area contributed by atoms with Gasteiger partial charge in [-0.3, -0.25) is 0 Å². The molecule has 0 heterocycles. The van der Waals surface area contributed by atoms with E-state index in [2.05, 4.69) is 6.92 Å². The number of hydrogen-bond acceptors (Lipinski definition) is 0. The van der Waals surface area contributed by atoms with Gasteiger partial charge in [0, 0.05) is 0 Å². The molecule has 0 aliphatic heterocycles. The van der Waals surface area contributed by atoms with Gasteiger partial charge in [-0.1, -0.05) is 51.9 Å². The van der Waals surface area contributed by atoms with E-state index in [-0.39, 0.29) is 0 Å². The zero-order valence-electron chi connectivity index (χ0n) is 11.0. The highest BCUT2D eigenvalue weighted by Crippen LogP contribution is 2.59. The molecule has 0 bridgehead atoms. The van der Waals surface area contributed by atoms with Crippen LogP contribution in [-0.4, -0.2) is 0 Å². The third-order valence-electron chi connectivity index (χ3n) is 6.16. The highest BCUT2D eigenvalue weighted by Gasteiger charge is 2.51. The smallest absolute Gasteiger partial charge is 0.0352 e. The van der Waals surface area contributed by atoms with Crippen LogP contribution < -0.4 is 0 Å². The SMILES string of the molecule is CC1C(CCCCCC2CCC2)C2CCC12. The minimum atomic E-state index is 1.09. The molecule has 0 radical (unpaired) electrons. The highest BCUT2D eigenvalue weighted by molar-refractivity contribution is 5.00. The molecule has 4 atom stereocenters. The molecule has 0 nitrogen and oxygen atoms in total. The van der Waals surface area contributed by atoms with E-state index in [1.54, 1.807) is 38.5 Å². The van der Waals surface area contributed by atoms with Crippen molar-refractivity contribution in [2.45, 2.75) is 71.1 Å². The lowest BCUT2D eigenvalue weighted by Gasteiger charge is -2.59. The Kier molecular flexibility index (Phi) is 3.27. The van der Waals surface area contributed by atoms with Gasteiger partial charge >= 0.3 is 0 Å². The molecular weight excluding hydrogens is 192 g/mol. The second-order valence-corrected chi connectivity index (χ2v) is 6.86. The lowest BCUT2D eigenvalue weighted by Crippen LogP contribution is -2.51. The zero-order valence-corrected chi connectivity index (χ0v) is 11.0. The third-order valence-corrected chi connectivity index (χ3v) is 6.16. The van der Waals surface area contributed by atoms with Crippen molar-refractivity contribution >= 4 is 0 Å². The fourth-order valence-electron chi connectivity index (χ4n) is 4.55. The van der Waals surface area contributed by atoms with E-state index in [4.69, 9.17) is 0 Å². The zero-order chi connectivity index (χ0) is 11.0. The van der Waals surface area contributed by atoms with Gasteiger partial charge in [-0.15, -0.1) is 0 Å². The molecule has 0 aromatic rings. The van der Waals surface area contributed by atoms with Crippen LogP contribution in [0.25, 0.3) is 0 Å². The molecule has 4 unspecified atom stereocenters. The molecule has 0 aromatic heterocycles. The molecule has 0 N–H and O–H groups in total. The summed E-state index contributed by atoms with van der Waals surface area (Å²) in [5, 5.41) is 0. The Bertz CT molecular complexity index is 222. The van der Waals surface area contributed by atoms with Crippen LogP contribution in [0.5, 0.6) is 0 Å². The lowest BCUT2D eigenvalue weighted by atomic mass is 9.46. The summed E-state index contributed by atoms with van der Waals surface area (Å²) in [5.41, 5.74) is 0. The summed E-state index contributed by atoms with van der Waals surface area (Å²) in [7, 11) is 0. The Morgan fingerprint density at radius 1 is 0.812 bits per heavy atom. The third kappa shape index (κ3) is 1.93. The second kappa shape index (κ2) is 4.70. The Labute approximate surface area is 101 Å². The molecule has 0 saturated heterocycles. The van der Waals surface area contributed by atoms with E-state index in [0.717, 1.165) is 17.8 Å². The van der Waals surface area contributed by atoms with Gasteiger partial charge in [0.15, 0.2) is 0 Å². The summed E-state index contributed by atoms with van der Waals surface area (Å²) < 4.78 is 0. The number of fused-ring (bicyclic) bond motifs is 1. The van der Waals surface area contributed by atoms with Crippen LogP contribution >= 0.6 is 0 Å². The molecule has 3 rings (SSSR count). The summed E-state index contributed by atoms with van der Waals surface area (Å²) in [6.45, 7) is 2.51. The Morgan fingerprint density at radius 2 is 1.56 bits per heavy atom. The maximum absolute atomic E-state index is 2.51. The highest BCUT2D eigenvalue weighted by atomic mass is 14.6. The molecule has 3 aliphatic carbocycles. The first-order valence-corrected chi connectivity index (χ1v) is 7.86. The number of unbranched alkanes of at least 4 members (excludes halogenated alkanes) is 2. The van der Waals surface area contributed by atoms with Crippen LogP contribution in [0.1, 0.15) is 71.1 Å². The first kappa shape index (κ1) is 11.1. The van der Waals surface area contributed by atoms with E-state index in [9.17, 15) is 0 Å². The average molecular weight is 220 g/mol. The van der Waals surface area contributed by atoms with Gasteiger partial charge in [-0.25, -0.2) is 0 Å². The Hall–Kier alpha value is 0. The molecule has 3 aliphatic rings. The van der Waals surface area contributed by atoms with Crippen LogP contribution in [0.3, 0.4) is 0 Å². The predicted molar refractivity (Wildman–Crippen MR) is 69.3 cm³/mol.